The number of halogens is 5. The molecule has 47 heavy (non-hydrogen) atoms. The lowest BCUT2D eigenvalue weighted by atomic mass is 9.84. The van der Waals surface area contributed by atoms with Crippen LogP contribution in [-0.2, 0) is 20.7 Å². The van der Waals surface area contributed by atoms with Gasteiger partial charge in [0.05, 0.1) is 29.8 Å². The summed E-state index contributed by atoms with van der Waals surface area (Å²) in [7, 11) is 0. The molecule has 0 radical (unpaired) electrons. The number of carbonyl (C=O) groups is 2. The summed E-state index contributed by atoms with van der Waals surface area (Å²) in [6.07, 6.45) is -2.49. The zero-order chi connectivity index (χ0) is 33.6. The van der Waals surface area contributed by atoms with E-state index in [0.29, 0.717) is 43.3 Å². The largest absolute Gasteiger partial charge is 0.573 e. The number of aromatic nitrogens is 1. The number of benzene rings is 2. The Balaban J connectivity index is 1.42. The first-order chi connectivity index (χ1) is 22.4. The molecule has 1 aromatic heterocycles. The summed E-state index contributed by atoms with van der Waals surface area (Å²) >= 11 is 6.06. The highest BCUT2D eigenvalue weighted by atomic mass is 35.5. The van der Waals surface area contributed by atoms with Gasteiger partial charge in [-0.1, -0.05) is 35.9 Å². The topological polar surface area (TPSA) is 131 Å². The van der Waals surface area contributed by atoms with E-state index < -0.39 is 41.9 Å². The first-order valence-electron chi connectivity index (χ1n) is 14.9. The molecule has 252 valence electrons. The van der Waals surface area contributed by atoms with Crippen molar-refractivity contribution >= 4 is 29.3 Å². The van der Waals surface area contributed by atoms with E-state index in [2.05, 4.69) is 25.7 Å². The van der Waals surface area contributed by atoms with Crippen LogP contribution in [0.5, 0.6) is 5.75 Å². The van der Waals surface area contributed by atoms with Gasteiger partial charge in [-0.05, 0) is 48.2 Å². The molecule has 4 N–H and O–H groups in total. The summed E-state index contributed by atoms with van der Waals surface area (Å²) in [6.45, 7) is 2.43. The van der Waals surface area contributed by atoms with Crippen LogP contribution in [0.25, 0.3) is 0 Å². The Morgan fingerprint density at radius 3 is 2.57 bits per heavy atom. The number of morpholine rings is 1. The van der Waals surface area contributed by atoms with Crippen molar-refractivity contribution in [3.63, 3.8) is 0 Å². The van der Waals surface area contributed by atoms with Gasteiger partial charge in [0, 0.05) is 55.6 Å². The van der Waals surface area contributed by atoms with Crippen LogP contribution in [0.4, 0.5) is 28.0 Å². The highest BCUT2D eigenvalue weighted by molar-refractivity contribution is 6.30. The molecule has 0 bridgehead atoms. The molecule has 5 rings (SSSR count). The first kappa shape index (κ1) is 34.4. The lowest BCUT2D eigenvalue weighted by Crippen LogP contribution is -2.56. The summed E-state index contributed by atoms with van der Waals surface area (Å²) in [6, 6.07) is 9.30. The van der Waals surface area contributed by atoms with Gasteiger partial charge in [-0.15, -0.1) is 13.2 Å². The Hall–Kier alpha value is -3.98. The van der Waals surface area contributed by atoms with Crippen molar-refractivity contribution in [3.05, 3.63) is 88.5 Å². The number of alkyl halides is 3. The van der Waals surface area contributed by atoms with Crippen LogP contribution in [-0.4, -0.2) is 72.5 Å². The van der Waals surface area contributed by atoms with E-state index in [1.54, 1.807) is 0 Å². The fourth-order valence-electron chi connectivity index (χ4n) is 6.02. The number of rotatable bonds is 10. The van der Waals surface area contributed by atoms with Crippen molar-refractivity contribution in [2.45, 2.75) is 55.7 Å². The van der Waals surface area contributed by atoms with Crippen LogP contribution in [0.3, 0.4) is 0 Å². The third-order valence-electron chi connectivity index (χ3n) is 8.19. The molecule has 10 nitrogen and oxygen atoms in total. The van der Waals surface area contributed by atoms with Gasteiger partial charge in [0.25, 0.3) is 0 Å². The average Bonchev–Trinajstić information content (AvgIpc) is 3.01. The lowest BCUT2D eigenvalue weighted by Gasteiger charge is -2.44. The van der Waals surface area contributed by atoms with Crippen LogP contribution in [0.2, 0.25) is 5.02 Å². The van der Waals surface area contributed by atoms with Gasteiger partial charge in [0.15, 0.2) is 0 Å². The van der Waals surface area contributed by atoms with Crippen molar-refractivity contribution in [2.75, 3.05) is 31.6 Å². The number of hydrogen-bond donors (Lipinski definition) is 4. The minimum atomic E-state index is -4.99. The number of carboxylic acid groups (broad SMARTS) is 1. The minimum absolute atomic E-state index is 0.0146. The maximum Gasteiger partial charge on any atom is 0.573 e. The molecule has 2 unspecified atom stereocenters. The highest BCUT2D eigenvalue weighted by Gasteiger charge is 2.39. The molecule has 2 aliphatic rings. The Bertz CT molecular complexity index is 1550. The summed E-state index contributed by atoms with van der Waals surface area (Å²) in [5, 5.41) is 18.3. The second kappa shape index (κ2) is 14.8. The molecular weight excluding hydrogens is 648 g/mol. The highest BCUT2D eigenvalue weighted by Crippen LogP contribution is 2.34. The van der Waals surface area contributed by atoms with E-state index >= 15 is 4.39 Å². The fraction of sp³-hybridized carbons (Fsp3) is 0.406. The molecule has 0 saturated carbocycles. The van der Waals surface area contributed by atoms with Gasteiger partial charge in [0.2, 0.25) is 5.91 Å². The zero-order valence-electron chi connectivity index (χ0n) is 25.0. The maximum atomic E-state index is 15.2. The average molecular weight is 681 g/mol. The van der Waals surface area contributed by atoms with E-state index in [1.165, 1.54) is 42.6 Å². The number of nitrogens with one attached hydrogen (secondary N) is 3. The number of amides is 2. The number of anilines is 1. The number of pyridine rings is 1. The first-order valence-corrected chi connectivity index (χ1v) is 15.3. The van der Waals surface area contributed by atoms with Crippen LogP contribution in [0.1, 0.15) is 41.9 Å². The van der Waals surface area contributed by atoms with Gasteiger partial charge in [-0.2, -0.15) is 0 Å². The third kappa shape index (κ3) is 9.10. The van der Waals surface area contributed by atoms with E-state index in [9.17, 15) is 27.9 Å². The van der Waals surface area contributed by atoms with Gasteiger partial charge in [-0.25, -0.2) is 9.18 Å². The lowest BCUT2D eigenvalue weighted by molar-refractivity contribution is -0.274. The molecule has 3 aromatic rings. The minimum Gasteiger partial charge on any atom is -0.465 e. The normalized spacial score (nSPS) is 19.0. The van der Waals surface area contributed by atoms with Gasteiger partial charge in [0.1, 0.15) is 17.6 Å². The smallest absolute Gasteiger partial charge is 0.465 e. The molecule has 3 atom stereocenters. The predicted molar refractivity (Wildman–Crippen MR) is 163 cm³/mol. The molecule has 2 saturated heterocycles. The molecule has 2 aromatic carbocycles. The quantitative estimate of drug-likeness (QED) is 0.202. The van der Waals surface area contributed by atoms with Gasteiger partial charge >= 0.3 is 12.5 Å². The second-order valence-electron chi connectivity index (χ2n) is 11.4. The maximum absolute atomic E-state index is 15.2. The van der Waals surface area contributed by atoms with E-state index in [4.69, 9.17) is 21.1 Å². The Kier molecular flexibility index (Phi) is 10.8. The molecule has 0 aliphatic carbocycles. The number of ether oxygens (including phenoxy) is 3. The van der Waals surface area contributed by atoms with Crippen molar-refractivity contribution < 1.29 is 46.5 Å². The van der Waals surface area contributed by atoms with Crippen molar-refractivity contribution in [3.8, 4) is 5.75 Å². The molecule has 1 spiro atoms. The molecule has 2 amide bonds. The van der Waals surface area contributed by atoms with Crippen molar-refractivity contribution in [1.29, 1.82) is 0 Å². The van der Waals surface area contributed by atoms with E-state index in [0.717, 1.165) is 31.2 Å². The SMILES string of the molecule is O=C(O)NC(C(=O)Nc1cncc(F)c1CC[C@@H]1CNCC2(CCOCC2)O1)C(c1ccc(Cl)cc1)c1cccc(OC(F)(F)F)c1. The molecule has 2 aliphatic heterocycles. The number of carbonyl (C=O) groups excluding carboxylic acids is 1. The Morgan fingerprint density at radius 2 is 1.87 bits per heavy atom. The van der Waals surface area contributed by atoms with Crippen LogP contribution >= 0.6 is 11.6 Å². The Labute approximate surface area is 272 Å². The monoisotopic (exact) mass is 680 g/mol. The number of hydrogen-bond acceptors (Lipinski definition) is 7. The van der Waals surface area contributed by atoms with E-state index in [1.807, 2.05) is 0 Å². The van der Waals surface area contributed by atoms with Gasteiger partial charge in [-0.3, -0.25) is 9.78 Å². The van der Waals surface area contributed by atoms with Crippen LogP contribution < -0.4 is 20.7 Å². The second-order valence-corrected chi connectivity index (χ2v) is 11.9. The van der Waals surface area contributed by atoms with Crippen molar-refractivity contribution in [1.82, 2.24) is 15.6 Å². The molecule has 15 heteroatoms. The molecule has 2 fully saturated rings. The predicted octanol–water partition coefficient (Wildman–Crippen LogP) is 5.65. The zero-order valence-corrected chi connectivity index (χ0v) is 25.7. The standard InChI is InChI=1S/C32H33ClF4N4O6/c33-21-6-4-19(5-7-21)27(20-2-1-3-22(14-20)47-32(35,36)37)28(41-30(43)44)29(42)40-26-17-38-16-25(34)24(26)9-8-23-15-39-18-31(46-23)10-12-45-13-11-31/h1-7,14,16-17,23,27-28,39,41H,8-13,15,18H2,(H,40,42)(H,43,44)/t23-,27?,28?/m1/s1. The summed E-state index contributed by atoms with van der Waals surface area (Å²) in [5.41, 5.74) is 0.282. The van der Waals surface area contributed by atoms with Crippen molar-refractivity contribution in [2.24, 2.45) is 0 Å². The third-order valence-corrected chi connectivity index (χ3v) is 8.45. The summed E-state index contributed by atoms with van der Waals surface area (Å²) in [5.74, 6) is -3.31. The summed E-state index contributed by atoms with van der Waals surface area (Å²) < 4.78 is 70.3. The molecule has 3 heterocycles. The Morgan fingerprint density at radius 1 is 1.13 bits per heavy atom. The van der Waals surface area contributed by atoms with Crippen LogP contribution in [0, 0.1) is 5.82 Å². The summed E-state index contributed by atoms with van der Waals surface area (Å²) in [4.78, 5) is 29.8. The fourth-order valence-corrected chi connectivity index (χ4v) is 6.15. The van der Waals surface area contributed by atoms with Gasteiger partial charge < -0.3 is 35.3 Å². The number of nitrogens with zero attached hydrogens (tertiary/aromatic N) is 1. The van der Waals surface area contributed by atoms with E-state index in [-0.39, 0.29) is 34.9 Å². The molecular formula is C32H33ClF4N4O6. The van der Waals surface area contributed by atoms with Crippen LogP contribution in [0.15, 0.2) is 60.9 Å².